The molecule has 7 nitrogen and oxygen atoms in total. The van der Waals surface area contributed by atoms with E-state index in [1.54, 1.807) is 0 Å². The average Bonchev–Trinajstić information content (AvgIpc) is 2.37. The molecule has 0 radical (unpaired) electrons. The van der Waals surface area contributed by atoms with Gasteiger partial charge in [0, 0.05) is 26.1 Å². The highest BCUT2D eigenvalue weighted by Gasteiger charge is 2.17. The van der Waals surface area contributed by atoms with Crippen LogP contribution < -0.4 is 10.9 Å². The number of carboxylic acid groups (broad SMARTS) is 1. The van der Waals surface area contributed by atoms with Crippen molar-refractivity contribution in [1.29, 1.82) is 0 Å². The van der Waals surface area contributed by atoms with E-state index < -0.39 is 11.9 Å². The second-order valence-corrected chi connectivity index (χ2v) is 5.48. The van der Waals surface area contributed by atoms with Crippen molar-refractivity contribution in [3.63, 3.8) is 0 Å². The summed E-state index contributed by atoms with van der Waals surface area (Å²) in [6.45, 7) is 4.28. The number of nitrogens with one attached hydrogen (secondary N) is 1. The van der Waals surface area contributed by atoms with Gasteiger partial charge in [-0.1, -0.05) is 13.8 Å². The van der Waals surface area contributed by atoms with Crippen molar-refractivity contribution < 1.29 is 14.7 Å². The van der Waals surface area contributed by atoms with Crippen molar-refractivity contribution in [3.8, 4) is 0 Å². The van der Waals surface area contributed by atoms with Gasteiger partial charge in [0.1, 0.15) is 5.69 Å². The van der Waals surface area contributed by atoms with Crippen LogP contribution in [-0.4, -0.2) is 33.3 Å². The Kier molecular flexibility index (Phi) is 6.08. The smallest absolute Gasteiger partial charge is 0.303 e. The minimum absolute atomic E-state index is 0.0131. The molecule has 0 fully saturated rings. The molecule has 0 aliphatic heterocycles. The van der Waals surface area contributed by atoms with E-state index in [9.17, 15) is 14.4 Å². The van der Waals surface area contributed by atoms with Crippen LogP contribution >= 0.6 is 0 Å². The van der Waals surface area contributed by atoms with Gasteiger partial charge in [-0.05, 0) is 24.3 Å². The fourth-order valence-electron chi connectivity index (χ4n) is 2.10. The van der Waals surface area contributed by atoms with E-state index in [1.807, 2.05) is 13.8 Å². The Bertz CT molecular complexity index is 566. The molecule has 0 aromatic carbocycles. The molecule has 1 unspecified atom stereocenters. The molecule has 1 amide bonds. The molecule has 116 valence electrons. The molecule has 0 aliphatic carbocycles. The van der Waals surface area contributed by atoms with Crippen molar-refractivity contribution >= 4 is 11.9 Å². The normalized spacial score (nSPS) is 12.2. The lowest BCUT2D eigenvalue weighted by molar-refractivity contribution is -0.138. The average molecular weight is 295 g/mol. The number of rotatable bonds is 7. The number of aliphatic carboxylic acids is 1. The van der Waals surface area contributed by atoms with Crippen LogP contribution in [0.3, 0.4) is 0 Å². The topological polar surface area (TPSA) is 101 Å². The lowest BCUT2D eigenvalue weighted by Crippen LogP contribution is -2.33. The summed E-state index contributed by atoms with van der Waals surface area (Å²) in [7, 11) is 1.46. The Morgan fingerprint density at radius 3 is 2.57 bits per heavy atom. The first-order valence-electron chi connectivity index (χ1n) is 6.84. The molecule has 2 N–H and O–H groups in total. The number of aryl methyl sites for hydroxylation is 1. The Morgan fingerprint density at radius 1 is 1.38 bits per heavy atom. The summed E-state index contributed by atoms with van der Waals surface area (Å²) in [5.41, 5.74) is -0.161. The van der Waals surface area contributed by atoms with E-state index in [2.05, 4.69) is 10.4 Å². The highest BCUT2D eigenvalue weighted by Crippen LogP contribution is 2.14. The number of carboxylic acids is 1. The highest BCUT2D eigenvalue weighted by molar-refractivity contribution is 5.92. The van der Waals surface area contributed by atoms with E-state index in [1.165, 1.54) is 19.2 Å². The van der Waals surface area contributed by atoms with Gasteiger partial charge >= 0.3 is 5.97 Å². The van der Waals surface area contributed by atoms with Crippen molar-refractivity contribution in [2.24, 2.45) is 18.9 Å². The number of carbonyl (C=O) groups is 2. The Morgan fingerprint density at radius 2 is 2.05 bits per heavy atom. The molecule has 0 saturated heterocycles. The van der Waals surface area contributed by atoms with Gasteiger partial charge in [-0.15, -0.1) is 0 Å². The first kappa shape index (κ1) is 16.9. The summed E-state index contributed by atoms with van der Waals surface area (Å²) in [5, 5.41) is 15.4. The number of hydrogen-bond acceptors (Lipinski definition) is 4. The fraction of sp³-hybridized carbons (Fsp3) is 0.571. The fourth-order valence-corrected chi connectivity index (χ4v) is 2.10. The van der Waals surface area contributed by atoms with Crippen molar-refractivity contribution in [1.82, 2.24) is 15.1 Å². The molecule has 0 saturated carbocycles. The van der Waals surface area contributed by atoms with E-state index in [4.69, 9.17) is 5.11 Å². The number of nitrogens with zero attached hydrogens (tertiary/aromatic N) is 2. The van der Waals surface area contributed by atoms with Gasteiger partial charge < -0.3 is 10.4 Å². The van der Waals surface area contributed by atoms with Crippen LogP contribution in [0.4, 0.5) is 0 Å². The van der Waals surface area contributed by atoms with Gasteiger partial charge in [0.15, 0.2) is 0 Å². The third-order valence-electron chi connectivity index (χ3n) is 3.01. The molecule has 0 bridgehead atoms. The minimum Gasteiger partial charge on any atom is -0.481 e. The number of hydrogen-bond donors (Lipinski definition) is 2. The summed E-state index contributed by atoms with van der Waals surface area (Å²) < 4.78 is 1.08. The summed E-state index contributed by atoms with van der Waals surface area (Å²) in [4.78, 5) is 34.0. The lowest BCUT2D eigenvalue weighted by Gasteiger charge is -2.17. The molecule has 1 rings (SSSR count). The van der Waals surface area contributed by atoms with Crippen LogP contribution in [0.5, 0.6) is 0 Å². The number of aromatic nitrogens is 2. The van der Waals surface area contributed by atoms with Gasteiger partial charge in [-0.25, -0.2) is 4.68 Å². The summed E-state index contributed by atoms with van der Waals surface area (Å²) >= 11 is 0. The summed E-state index contributed by atoms with van der Waals surface area (Å²) in [5.74, 6) is -1.07. The standard InChI is InChI=1S/C14H21N3O4/c1-9(2)6-10(7-13(19)20)8-15-14(21)11-4-5-12(18)17(3)16-11/h4-5,9-10H,6-8H2,1-3H3,(H,15,21)(H,19,20). The maximum absolute atomic E-state index is 11.9. The second-order valence-electron chi connectivity index (χ2n) is 5.48. The number of amides is 1. The van der Waals surface area contributed by atoms with E-state index in [0.717, 1.165) is 4.68 Å². The van der Waals surface area contributed by atoms with E-state index in [-0.39, 0.29) is 30.1 Å². The number of carbonyl (C=O) groups excluding carboxylic acids is 1. The van der Waals surface area contributed by atoms with Gasteiger partial charge in [-0.3, -0.25) is 14.4 Å². The van der Waals surface area contributed by atoms with Crippen LogP contribution in [0.2, 0.25) is 0 Å². The van der Waals surface area contributed by atoms with Gasteiger partial charge in [-0.2, -0.15) is 5.10 Å². The van der Waals surface area contributed by atoms with E-state index in [0.29, 0.717) is 12.3 Å². The Balaban J connectivity index is 2.65. The molecule has 21 heavy (non-hydrogen) atoms. The molecular formula is C14H21N3O4. The van der Waals surface area contributed by atoms with Crippen LogP contribution in [0, 0.1) is 11.8 Å². The van der Waals surface area contributed by atoms with Crippen molar-refractivity contribution in [3.05, 3.63) is 28.2 Å². The zero-order chi connectivity index (χ0) is 16.0. The molecule has 0 aliphatic rings. The van der Waals surface area contributed by atoms with E-state index >= 15 is 0 Å². The predicted molar refractivity (Wildman–Crippen MR) is 77.0 cm³/mol. The zero-order valence-electron chi connectivity index (χ0n) is 12.5. The quantitative estimate of drug-likeness (QED) is 0.769. The maximum atomic E-state index is 11.9. The molecule has 7 heteroatoms. The minimum atomic E-state index is -0.880. The highest BCUT2D eigenvalue weighted by atomic mass is 16.4. The summed E-state index contributed by atoms with van der Waals surface area (Å²) in [6, 6.07) is 2.62. The lowest BCUT2D eigenvalue weighted by atomic mass is 9.94. The summed E-state index contributed by atoms with van der Waals surface area (Å²) in [6.07, 6.45) is 0.729. The SMILES string of the molecule is CC(C)CC(CNC(=O)c1ccc(=O)n(C)n1)CC(=O)O. The predicted octanol–water partition coefficient (Wildman–Crippen LogP) is 0.647. The monoisotopic (exact) mass is 295 g/mol. The molecule has 0 spiro atoms. The Hall–Kier alpha value is -2.18. The van der Waals surface area contributed by atoms with Crippen LogP contribution in [0.1, 0.15) is 37.2 Å². The first-order valence-corrected chi connectivity index (χ1v) is 6.84. The zero-order valence-corrected chi connectivity index (χ0v) is 12.5. The molecule has 1 heterocycles. The third-order valence-corrected chi connectivity index (χ3v) is 3.01. The molecule has 1 atom stereocenters. The Labute approximate surface area is 123 Å². The van der Waals surface area contributed by atoms with Gasteiger partial charge in [0.05, 0.1) is 0 Å². The van der Waals surface area contributed by atoms with Crippen molar-refractivity contribution in [2.75, 3.05) is 6.54 Å². The largest absolute Gasteiger partial charge is 0.481 e. The molecular weight excluding hydrogens is 274 g/mol. The molecule has 1 aromatic rings. The third kappa shape index (κ3) is 5.76. The van der Waals surface area contributed by atoms with Crippen LogP contribution in [0.15, 0.2) is 16.9 Å². The van der Waals surface area contributed by atoms with Crippen molar-refractivity contribution in [2.45, 2.75) is 26.7 Å². The van der Waals surface area contributed by atoms with Crippen LogP contribution in [-0.2, 0) is 11.8 Å². The maximum Gasteiger partial charge on any atom is 0.303 e. The van der Waals surface area contributed by atoms with Gasteiger partial charge in [0.25, 0.3) is 11.5 Å². The first-order chi connectivity index (χ1) is 9.79. The second kappa shape index (κ2) is 7.56. The van der Waals surface area contributed by atoms with Crippen LogP contribution in [0.25, 0.3) is 0 Å². The molecule has 1 aromatic heterocycles. The van der Waals surface area contributed by atoms with Gasteiger partial charge in [0.2, 0.25) is 0 Å².